The van der Waals surface area contributed by atoms with Gasteiger partial charge >= 0.3 is 0 Å². The molecule has 1 saturated heterocycles. The van der Waals surface area contributed by atoms with Crippen molar-refractivity contribution in [2.45, 2.75) is 51.2 Å². The summed E-state index contributed by atoms with van der Waals surface area (Å²) in [4.78, 5) is 15.0. The molecule has 1 heterocycles. The Labute approximate surface area is 145 Å². The number of rotatable bonds is 5. The van der Waals surface area contributed by atoms with Gasteiger partial charge in [0, 0.05) is 24.5 Å². The van der Waals surface area contributed by atoms with Crippen molar-refractivity contribution >= 4 is 18.3 Å². The first-order valence-corrected chi connectivity index (χ1v) is 8.34. The van der Waals surface area contributed by atoms with E-state index < -0.39 is 0 Å². The second-order valence-electron chi connectivity index (χ2n) is 6.62. The lowest BCUT2D eigenvalue weighted by Gasteiger charge is -2.32. The second-order valence-corrected chi connectivity index (χ2v) is 6.62. The molecular weight excluding hydrogens is 312 g/mol. The van der Waals surface area contributed by atoms with Gasteiger partial charge in [0.2, 0.25) is 5.91 Å². The predicted octanol–water partition coefficient (Wildman–Crippen LogP) is 3.00. The fraction of sp³-hybridized carbons (Fsp3) is 0.611. The molecule has 1 saturated carbocycles. The molecule has 5 heteroatoms. The average molecular weight is 339 g/mol. The number of amides is 1. The molecule has 0 unspecified atom stereocenters. The van der Waals surface area contributed by atoms with Crippen molar-refractivity contribution in [2.75, 3.05) is 13.7 Å². The van der Waals surface area contributed by atoms with E-state index >= 15 is 0 Å². The van der Waals surface area contributed by atoms with E-state index in [4.69, 9.17) is 4.74 Å². The number of hydrogen-bond acceptors (Lipinski definition) is 3. The largest absolute Gasteiger partial charge is 0.497 e. The highest BCUT2D eigenvalue weighted by molar-refractivity contribution is 5.85. The summed E-state index contributed by atoms with van der Waals surface area (Å²) < 4.78 is 5.20. The standard InChI is InChI=1S/C18H26N2O2.ClH/c1-13-11-15(9-10-19-13)18(21)20(16-5-6-16)12-14-3-7-17(22-2)8-4-14;/h3-4,7-8,13,15-16,19H,5-6,9-12H2,1-2H3;1H/t13-,15-;/m0./s1. The Kier molecular flexibility index (Phi) is 6.31. The van der Waals surface area contributed by atoms with Crippen molar-refractivity contribution in [3.8, 4) is 5.75 Å². The van der Waals surface area contributed by atoms with Gasteiger partial charge in [-0.15, -0.1) is 12.4 Å². The van der Waals surface area contributed by atoms with E-state index in [1.807, 2.05) is 12.1 Å². The SMILES string of the molecule is COc1ccc(CN(C(=O)[C@H]2CCN[C@@H](C)C2)C2CC2)cc1.Cl. The van der Waals surface area contributed by atoms with E-state index in [0.717, 1.165) is 44.5 Å². The van der Waals surface area contributed by atoms with E-state index in [9.17, 15) is 4.79 Å². The highest BCUT2D eigenvalue weighted by Crippen LogP contribution is 2.32. The van der Waals surface area contributed by atoms with Crippen LogP contribution in [0, 0.1) is 5.92 Å². The summed E-state index contributed by atoms with van der Waals surface area (Å²) in [5, 5.41) is 3.43. The van der Waals surface area contributed by atoms with Crippen LogP contribution in [0.3, 0.4) is 0 Å². The van der Waals surface area contributed by atoms with Gasteiger partial charge in [0.1, 0.15) is 5.75 Å². The number of ether oxygens (including phenoxy) is 1. The van der Waals surface area contributed by atoms with E-state index in [1.54, 1.807) is 7.11 Å². The molecule has 3 rings (SSSR count). The maximum atomic E-state index is 12.9. The molecule has 2 fully saturated rings. The lowest BCUT2D eigenvalue weighted by molar-refractivity contribution is -0.138. The molecule has 23 heavy (non-hydrogen) atoms. The van der Waals surface area contributed by atoms with Crippen molar-refractivity contribution in [3.63, 3.8) is 0 Å². The monoisotopic (exact) mass is 338 g/mol. The van der Waals surface area contributed by atoms with Crippen molar-refractivity contribution in [3.05, 3.63) is 29.8 Å². The zero-order chi connectivity index (χ0) is 15.5. The lowest BCUT2D eigenvalue weighted by atomic mass is 9.91. The van der Waals surface area contributed by atoms with Gasteiger partial charge in [0.15, 0.2) is 0 Å². The minimum atomic E-state index is 0. The summed E-state index contributed by atoms with van der Waals surface area (Å²) in [5.41, 5.74) is 1.18. The van der Waals surface area contributed by atoms with Crippen LogP contribution in [0.4, 0.5) is 0 Å². The summed E-state index contributed by atoms with van der Waals surface area (Å²) in [7, 11) is 1.67. The number of nitrogens with zero attached hydrogens (tertiary/aromatic N) is 1. The fourth-order valence-corrected chi connectivity index (χ4v) is 3.29. The Balaban J connectivity index is 0.00000192. The molecular formula is C18H27ClN2O2. The van der Waals surface area contributed by atoms with Crippen LogP contribution < -0.4 is 10.1 Å². The Morgan fingerprint density at radius 1 is 1.26 bits per heavy atom. The Morgan fingerprint density at radius 2 is 1.96 bits per heavy atom. The highest BCUT2D eigenvalue weighted by Gasteiger charge is 2.36. The normalized spacial score (nSPS) is 23.7. The maximum Gasteiger partial charge on any atom is 0.226 e. The third-order valence-corrected chi connectivity index (χ3v) is 4.76. The van der Waals surface area contributed by atoms with Gasteiger partial charge in [-0.3, -0.25) is 4.79 Å². The first-order chi connectivity index (χ1) is 10.7. The molecule has 1 aliphatic heterocycles. The average Bonchev–Trinajstić information content (AvgIpc) is 3.37. The molecule has 1 aromatic carbocycles. The molecule has 4 nitrogen and oxygen atoms in total. The Hall–Kier alpha value is -1.26. The molecule has 128 valence electrons. The first kappa shape index (κ1) is 18.1. The predicted molar refractivity (Wildman–Crippen MR) is 94.0 cm³/mol. The number of hydrogen-bond donors (Lipinski definition) is 1. The van der Waals surface area contributed by atoms with Gasteiger partial charge in [0.25, 0.3) is 0 Å². The summed E-state index contributed by atoms with van der Waals surface area (Å²) in [5.74, 6) is 1.40. The molecule has 2 aliphatic rings. The van der Waals surface area contributed by atoms with E-state index in [1.165, 1.54) is 5.56 Å². The number of carbonyl (C=O) groups excluding carboxylic acids is 1. The summed E-state index contributed by atoms with van der Waals surface area (Å²) in [6, 6.07) is 8.97. The molecule has 1 N–H and O–H groups in total. The molecule has 0 aromatic heterocycles. The van der Waals surface area contributed by atoms with Crippen LogP contribution in [-0.2, 0) is 11.3 Å². The highest BCUT2D eigenvalue weighted by atomic mass is 35.5. The molecule has 2 atom stereocenters. The van der Waals surface area contributed by atoms with Gasteiger partial charge in [-0.05, 0) is 56.8 Å². The Bertz CT molecular complexity index is 516. The van der Waals surface area contributed by atoms with Gasteiger partial charge in [0.05, 0.1) is 7.11 Å². The zero-order valence-electron chi connectivity index (χ0n) is 14.0. The van der Waals surface area contributed by atoms with E-state index in [0.29, 0.717) is 18.0 Å². The third-order valence-electron chi connectivity index (χ3n) is 4.76. The summed E-state index contributed by atoms with van der Waals surface area (Å²) in [6.07, 6.45) is 4.24. The molecule has 1 aliphatic carbocycles. The van der Waals surface area contributed by atoms with E-state index in [2.05, 4.69) is 29.3 Å². The van der Waals surface area contributed by atoms with Crippen molar-refractivity contribution < 1.29 is 9.53 Å². The number of piperidine rings is 1. The van der Waals surface area contributed by atoms with Crippen LogP contribution in [-0.4, -0.2) is 36.5 Å². The number of carbonyl (C=O) groups is 1. The van der Waals surface area contributed by atoms with Crippen molar-refractivity contribution in [2.24, 2.45) is 5.92 Å². The van der Waals surface area contributed by atoms with Crippen molar-refractivity contribution in [1.29, 1.82) is 0 Å². The van der Waals surface area contributed by atoms with Crippen LogP contribution >= 0.6 is 12.4 Å². The van der Waals surface area contributed by atoms with Crippen LogP contribution in [0.2, 0.25) is 0 Å². The zero-order valence-corrected chi connectivity index (χ0v) is 14.8. The molecule has 1 aromatic rings. The van der Waals surface area contributed by atoms with Gasteiger partial charge < -0.3 is 15.0 Å². The third kappa shape index (κ3) is 4.61. The number of halogens is 1. The summed E-state index contributed by atoms with van der Waals surface area (Å²) >= 11 is 0. The number of methoxy groups -OCH3 is 1. The maximum absolute atomic E-state index is 12.9. The lowest BCUT2D eigenvalue weighted by Crippen LogP contribution is -2.44. The minimum Gasteiger partial charge on any atom is -0.497 e. The van der Waals surface area contributed by atoms with Crippen LogP contribution in [0.1, 0.15) is 38.2 Å². The topological polar surface area (TPSA) is 41.6 Å². The molecule has 0 bridgehead atoms. The van der Waals surface area contributed by atoms with Gasteiger partial charge in [-0.2, -0.15) is 0 Å². The second kappa shape index (κ2) is 8.02. The van der Waals surface area contributed by atoms with Crippen LogP contribution in [0.5, 0.6) is 5.75 Å². The molecule has 0 radical (unpaired) electrons. The molecule has 1 amide bonds. The van der Waals surface area contributed by atoms with Crippen LogP contribution in [0.25, 0.3) is 0 Å². The number of benzene rings is 1. The molecule has 0 spiro atoms. The van der Waals surface area contributed by atoms with Gasteiger partial charge in [-0.1, -0.05) is 12.1 Å². The van der Waals surface area contributed by atoms with Crippen LogP contribution in [0.15, 0.2) is 24.3 Å². The minimum absolute atomic E-state index is 0. The Morgan fingerprint density at radius 3 is 2.52 bits per heavy atom. The number of nitrogens with one attached hydrogen (secondary N) is 1. The van der Waals surface area contributed by atoms with Gasteiger partial charge in [-0.25, -0.2) is 0 Å². The quantitative estimate of drug-likeness (QED) is 0.897. The first-order valence-electron chi connectivity index (χ1n) is 8.34. The summed E-state index contributed by atoms with van der Waals surface area (Å²) in [6.45, 7) is 3.86. The van der Waals surface area contributed by atoms with Crippen molar-refractivity contribution in [1.82, 2.24) is 10.2 Å². The fourth-order valence-electron chi connectivity index (χ4n) is 3.29. The van der Waals surface area contributed by atoms with E-state index in [-0.39, 0.29) is 18.3 Å². The smallest absolute Gasteiger partial charge is 0.226 e.